The molecule has 1 amide bonds. The van der Waals surface area contributed by atoms with Gasteiger partial charge in [-0.15, -0.1) is 0 Å². The van der Waals surface area contributed by atoms with Crippen LogP contribution in [0.25, 0.3) is 16.7 Å². The van der Waals surface area contributed by atoms with Crippen molar-refractivity contribution in [1.82, 2.24) is 29.7 Å². The molecule has 0 saturated carbocycles. The number of aliphatic imine (C=N–C) groups is 1. The van der Waals surface area contributed by atoms with E-state index in [0.29, 0.717) is 19.5 Å². The number of carbonyl (C=O) groups is 1. The van der Waals surface area contributed by atoms with Gasteiger partial charge in [-0.1, -0.05) is 6.92 Å². The Morgan fingerprint density at radius 3 is 2.90 bits per heavy atom. The maximum absolute atomic E-state index is 12.1. The average molecular weight is 396 g/mol. The summed E-state index contributed by atoms with van der Waals surface area (Å²) in [5, 5.41) is 6.70. The molecule has 1 atom stereocenters. The first kappa shape index (κ1) is 19.4. The normalized spacial score (nSPS) is 19.8. The molecule has 2 aliphatic rings. The van der Waals surface area contributed by atoms with Crippen LogP contribution in [0.1, 0.15) is 45.9 Å². The van der Waals surface area contributed by atoms with Crippen molar-refractivity contribution in [1.29, 1.82) is 0 Å². The van der Waals surface area contributed by atoms with Crippen LogP contribution in [0.4, 0.5) is 5.82 Å². The van der Waals surface area contributed by atoms with Crippen molar-refractivity contribution in [3.63, 3.8) is 0 Å². The molecule has 2 aromatic heterocycles. The Hall–Kier alpha value is -2.97. The van der Waals surface area contributed by atoms with E-state index in [0.717, 1.165) is 60.1 Å². The van der Waals surface area contributed by atoms with Gasteiger partial charge < -0.3 is 20.1 Å². The minimum absolute atomic E-state index is 0.162. The smallest absolute Gasteiger partial charge is 0.222 e. The number of imidazole rings is 1. The molecule has 9 heteroatoms. The number of aromatic nitrogens is 4. The number of rotatable bonds is 6. The topological polar surface area (TPSA) is 100 Å². The third-order valence-corrected chi connectivity index (χ3v) is 5.41. The Morgan fingerprint density at radius 1 is 1.31 bits per heavy atom. The average Bonchev–Trinajstić information content (AvgIpc) is 3.11. The summed E-state index contributed by atoms with van der Waals surface area (Å²) in [5.74, 6) is 2.73. The van der Waals surface area contributed by atoms with Gasteiger partial charge in [-0.2, -0.15) is 0 Å². The van der Waals surface area contributed by atoms with E-state index in [4.69, 9.17) is 4.98 Å². The second-order valence-corrected chi connectivity index (χ2v) is 7.51. The van der Waals surface area contributed by atoms with E-state index < -0.39 is 0 Å². The van der Waals surface area contributed by atoms with E-state index in [9.17, 15) is 4.79 Å². The van der Waals surface area contributed by atoms with Crippen LogP contribution in [0.3, 0.4) is 0 Å². The van der Waals surface area contributed by atoms with Crippen LogP contribution in [0.15, 0.2) is 17.5 Å². The van der Waals surface area contributed by atoms with E-state index in [1.54, 1.807) is 6.33 Å². The largest absolute Gasteiger partial charge is 0.364 e. The van der Waals surface area contributed by atoms with Crippen molar-refractivity contribution >= 4 is 34.3 Å². The molecule has 0 spiro atoms. The molecular formula is C20H28N8O. The van der Waals surface area contributed by atoms with Crippen LogP contribution in [-0.2, 0) is 11.3 Å². The monoisotopic (exact) mass is 396 g/mol. The highest BCUT2D eigenvalue weighted by Gasteiger charge is 2.26. The number of amides is 1. The first-order valence-electron chi connectivity index (χ1n) is 10.3. The summed E-state index contributed by atoms with van der Waals surface area (Å²) in [6.07, 6.45) is 5.87. The summed E-state index contributed by atoms with van der Waals surface area (Å²) in [4.78, 5) is 32.4. The van der Waals surface area contributed by atoms with Gasteiger partial charge in [-0.05, 0) is 26.7 Å². The fourth-order valence-electron chi connectivity index (χ4n) is 3.92. The third-order valence-electron chi connectivity index (χ3n) is 5.41. The standard InChI is InChI=1S/C20H28N8O/c1-4-8-27-11-15(6-7-16(27)29)25-18-17-20(24-12-23-18)28(5-2)19(26-17)14-9-21-13(3)22-10-14/h9,12,15H,4-8,10-11H2,1-3H3,(H,21,22)(H,23,24,25). The number of hydrogen-bond acceptors (Lipinski definition) is 7. The number of amidine groups is 1. The number of fused-ring (bicyclic) bond motifs is 1. The lowest BCUT2D eigenvalue weighted by molar-refractivity contribution is -0.133. The van der Waals surface area contributed by atoms with Crippen LogP contribution in [-0.4, -0.2) is 61.8 Å². The van der Waals surface area contributed by atoms with Gasteiger partial charge >= 0.3 is 0 Å². The van der Waals surface area contributed by atoms with Crippen LogP contribution in [0, 0.1) is 0 Å². The number of anilines is 1. The number of aryl methyl sites for hydroxylation is 1. The van der Waals surface area contributed by atoms with Crippen LogP contribution in [0.2, 0.25) is 0 Å². The molecule has 4 rings (SSSR count). The Morgan fingerprint density at radius 2 is 2.17 bits per heavy atom. The molecule has 4 heterocycles. The van der Waals surface area contributed by atoms with E-state index in [-0.39, 0.29) is 11.9 Å². The van der Waals surface area contributed by atoms with E-state index in [1.807, 2.05) is 18.0 Å². The number of nitrogens with zero attached hydrogens (tertiary/aromatic N) is 6. The minimum Gasteiger partial charge on any atom is -0.364 e. The van der Waals surface area contributed by atoms with E-state index in [1.165, 1.54) is 0 Å². The molecule has 0 aromatic carbocycles. The molecule has 0 radical (unpaired) electrons. The van der Waals surface area contributed by atoms with Gasteiger partial charge in [-0.25, -0.2) is 15.0 Å². The van der Waals surface area contributed by atoms with E-state index >= 15 is 0 Å². The second kappa shape index (κ2) is 8.18. The minimum atomic E-state index is 0.162. The molecule has 0 bridgehead atoms. The van der Waals surface area contributed by atoms with Gasteiger partial charge in [0.2, 0.25) is 5.91 Å². The maximum atomic E-state index is 12.1. The maximum Gasteiger partial charge on any atom is 0.222 e. The van der Waals surface area contributed by atoms with Gasteiger partial charge in [0.15, 0.2) is 17.0 Å². The Labute approximate surface area is 170 Å². The lowest BCUT2D eigenvalue weighted by Crippen LogP contribution is -2.45. The summed E-state index contributed by atoms with van der Waals surface area (Å²) in [7, 11) is 0. The predicted octanol–water partition coefficient (Wildman–Crippen LogP) is 2.02. The first-order valence-corrected chi connectivity index (χ1v) is 10.3. The zero-order chi connectivity index (χ0) is 20.4. The predicted molar refractivity (Wildman–Crippen MR) is 114 cm³/mol. The van der Waals surface area contributed by atoms with Crippen LogP contribution >= 0.6 is 0 Å². The molecule has 1 fully saturated rings. The van der Waals surface area contributed by atoms with Crippen molar-refractivity contribution < 1.29 is 4.79 Å². The molecule has 2 aliphatic heterocycles. The molecule has 0 aliphatic carbocycles. The molecule has 1 saturated heterocycles. The van der Waals surface area contributed by atoms with Crippen molar-refractivity contribution in [2.45, 2.75) is 52.6 Å². The first-order chi connectivity index (χ1) is 14.1. The quantitative estimate of drug-likeness (QED) is 0.775. The zero-order valence-corrected chi connectivity index (χ0v) is 17.3. The number of nitrogens with one attached hydrogen (secondary N) is 2. The lowest BCUT2D eigenvalue weighted by Gasteiger charge is -2.33. The number of hydrogen-bond donors (Lipinski definition) is 2. The molecule has 2 aromatic rings. The summed E-state index contributed by atoms with van der Waals surface area (Å²) >= 11 is 0. The highest BCUT2D eigenvalue weighted by atomic mass is 16.2. The number of piperidine rings is 1. The van der Waals surface area contributed by atoms with Crippen LogP contribution in [0.5, 0.6) is 0 Å². The highest BCUT2D eigenvalue weighted by Crippen LogP contribution is 2.26. The molecule has 29 heavy (non-hydrogen) atoms. The Balaban J connectivity index is 1.63. The molecule has 2 N–H and O–H groups in total. The summed E-state index contributed by atoms with van der Waals surface area (Å²) in [6, 6.07) is 0.162. The Kier molecular flexibility index (Phi) is 5.46. The molecule has 9 nitrogen and oxygen atoms in total. The van der Waals surface area contributed by atoms with Gasteiger partial charge in [0.05, 0.1) is 12.4 Å². The Bertz CT molecular complexity index is 976. The molecular weight excluding hydrogens is 368 g/mol. The van der Waals surface area contributed by atoms with E-state index in [2.05, 4.69) is 44.0 Å². The highest BCUT2D eigenvalue weighted by molar-refractivity contribution is 5.89. The third kappa shape index (κ3) is 3.81. The van der Waals surface area contributed by atoms with Crippen molar-refractivity contribution in [3.8, 4) is 0 Å². The van der Waals surface area contributed by atoms with Crippen molar-refractivity contribution in [2.75, 3.05) is 25.0 Å². The summed E-state index contributed by atoms with van der Waals surface area (Å²) in [6.45, 7) is 8.96. The zero-order valence-electron chi connectivity index (χ0n) is 17.3. The number of carbonyl (C=O) groups excluding carboxylic acids is 1. The molecule has 1 unspecified atom stereocenters. The van der Waals surface area contributed by atoms with Gasteiger partial charge in [0, 0.05) is 43.9 Å². The van der Waals surface area contributed by atoms with Crippen molar-refractivity contribution in [3.05, 3.63) is 18.4 Å². The van der Waals surface area contributed by atoms with Crippen LogP contribution < -0.4 is 10.6 Å². The lowest BCUT2D eigenvalue weighted by atomic mass is 10.0. The summed E-state index contributed by atoms with van der Waals surface area (Å²) in [5.41, 5.74) is 2.60. The fourth-order valence-corrected chi connectivity index (χ4v) is 3.92. The van der Waals surface area contributed by atoms with Crippen molar-refractivity contribution in [2.24, 2.45) is 4.99 Å². The number of likely N-dealkylation sites (tertiary alicyclic amines) is 1. The van der Waals surface area contributed by atoms with Gasteiger partial charge in [0.1, 0.15) is 12.2 Å². The van der Waals surface area contributed by atoms with Gasteiger partial charge in [-0.3, -0.25) is 9.79 Å². The second-order valence-electron chi connectivity index (χ2n) is 7.51. The SMILES string of the molecule is CCCN1CC(Nc2ncnc3c2nc(C2=CNC(C)=NC2)n3CC)CCC1=O. The fraction of sp³-hybridized carbons (Fsp3) is 0.550. The summed E-state index contributed by atoms with van der Waals surface area (Å²) < 4.78 is 2.10. The van der Waals surface area contributed by atoms with Gasteiger partial charge in [0.25, 0.3) is 0 Å². The molecule has 154 valence electrons.